The third kappa shape index (κ3) is 3.56. The van der Waals surface area contributed by atoms with Crippen LogP contribution in [0, 0.1) is 5.92 Å². The summed E-state index contributed by atoms with van der Waals surface area (Å²) in [5.41, 5.74) is 0. The molecule has 0 aromatic rings. The molecule has 0 radical (unpaired) electrons. The zero-order valence-electron chi connectivity index (χ0n) is 11.1. The Morgan fingerprint density at radius 1 is 1.24 bits per heavy atom. The van der Waals surface area contributed by atoms with Gasteiger partial charge in [0.15, 0.2) is 0 Å². The zero-order chi connectivity index (χ0) is 13.2. The lowest BCUT2D eigenvalue weighted by Gasteiger charge is -2.35. The molecular weight excluding hydrogens is 260 g/mol. The van der Waals surface area contributed by atoms with E-state index in [1.54, 1.807) is 11.4 Å². The molecule has 0 aromatic carbocycles. The lowest BCUT2D eigenvalue weighted by molar-refractivity contribution is 0.251. The van der Waals surface area contributed by atoms with Gasteiger partial charge in [-0.05, 0) is 39.5 Å². The molecule has 102 valence electrons. The Labute approximate surface area is 110 Å². The summed E-state index contributed by atoms with van der Waals surface area (Å²) in [4.78, 5) is 0. The van der Waals surface area contributed by atoms with Crippen LogP contribution in [0.4, 0.5) is 0 Å². The standard InChI is InChI=1S/C11H23ClN2O2S/c1-9(2)13(4)17(15,16)14-7-5-11(6-8-14)10(3)12/h9-11H,5-8H2,1-4H3. The van der Waals surface area contributed by atoms with Gasteiger partial charge in [0, 0.05) is 31.6 Å². The number of nitrogens with zero attached hydrogens (tertiary/aromatic N) is 2. The van der Waals surface area contributed by atoms with Gasteiger partial charge in [-0.2, -0.15) is 17.0 Å². The van der Waals surface area contributed by atoms with Crippen molar-refractivity contribution in [2.75, 3.05) is 20.1 Å². The lowest BCUT2D eigenvalue weighted by atomic mass is 9.95. The van der Waals surface area contributed by atoms with Crippen LogP contribution in [0.3, 0.4) is 0 Å². The number of rotatable bonds is 4. The minimum atomic E-state index is -3.29. The van der Waals surface area contributed by atoms with Crippen molar-refractivity contribution in [1.29, 1.82) is 0 Å². The fourth-order valence-corrected chi connectivity index (χ4v) is 3.84. The second-order valence-corrected chi connectivity index (χ2v) is 7.71. The van der Waals surface area contributed by atoms with Gasteiger partial charge < -0.3 is 0 Å². The highest BCUT2D eigenvalue weighted by Gasteiger charge is 2.33. The van der Waals surface area contributed by atoms with Crippen molar-refractivity contribution in [3.8, 4) is 0 Å². The van der Waals surface area contributed by atoms with Gasteiger partial charge >= 0.3 is 0 Å². The molecule has 1 aliphatic heterocycles. The van der Waals surface area contributed by atoms with Crippen molar-refractivity contribution < 1.29 is 8.42 Å². The number of piperidine rings is 1. The molecule has 1 saturated heterocycles. The van der Waals surface area contributed by atoms with Gasteiger partial charge in [-0.1, -0.05) is 0 Å². The number of hydrogen-bond acceptors (Lipinski definition) is 2. The van der Waals surface area contributed by atoms with Crippen LogP contribution < -0.4 is 0 Å². The van der Waals surface area contributed by atoms with Crippen LogP contribution in [-0.4, -0.2) is 48.6 Å². The average Bonchev–Trinajstić information content (AvgIpc) is 2.27. The van der Waals surface area contributed by atoms with E-state index in [0.29, 0.717) is 19.0 Å². The van der Waals surface area contributed by atoms with Crippen LogP contribution in [0.2, 0.25) is 0 Å². The van der Waals surface area contributed by atoms with Gasteiger partial charge in [0.25, 0.3) is 10.2 Å². The van der Waals surface area contributed by atoms with Crippen molar-refractivity contribution in [2.24, 2.45) is 5.92 Å². The first-order valence-electron chi connectivity index (χ1n) is 6.14. The summed E-state index contributed by atoms with van der Waals surface area (Å²) in [6.07, 6.45) is 1.71. The molecule has 0 spiro atoms. The molecule has 1 aliphatic rings. The van der Waals surface area contributed by atoms with Gasteiger partial charge in [0.1, 0.15) is 0 Å². The average molecular weight is 283 g/mol. The molecule has 1 fully saturated rings. The summed E-state index contributed by atoms with van der Waals surface area (Å²) in [5, 5.41) is 0.127. The third-order valence-electron chi connectivity index (χ3n) is 3.57. The van der Waals surface area contributed by atoms with E-state index in [1.807, 2.05) is 20.8 Å². The monoisotopic (exact) mass is 282 g/mol. The number of halogens is 1. The molecular formula is C11H23ClN2O2S. The molecule has 0 N–H and O–H groups in total. The molecule has 0 saturated carbocycles. The summed E-state index contributed by atoms with van der Waals surface area (Å²) < 4.78 is 27.4. The third-order valence-corrected chi connectivity index (χ3v) is 6.09. The molecule has 4 nitrogen and oxygen atoms in total. The van der Waals surface area contributed by atoms with Gasteiger partial charge in [-0.3, -0.25) is 0 Å². The van der Waals surface area contributed by atoms with E-state index >= 15 is 0 Å². The molecule has 17 heavy (non-hydrogen) atoms. The van der Waals surface area contributed by atoms with E-state index in [1.165, 1.54) is 4.31 Å². The Balaban J connectivity index is 2.65. The highest BCUT2D eigenvalue weighted by atomic mass is 35.5. The van der Waals surface area contributed by atoms with Crippen molar-refractivity contribution in [3.63, 3.8) is 0 Å². The van der Waals surface area contributed by atoms with Crippen LogP contribution in [0.1, 0.15) is 33.6 Å². The van der Waals surface area contributed by atoms with E-state index in [2.05, 4.69) is 0 Å². The molecule has 1 atom stereocenters. The molecule has 1 unspecified atom stereocenters. The molecule has 1 rings (SSSR count). The topological polar surface area (TPSA) is 40.6 Å². The van der Waals surface area contributed by atoms with Crippen LogP contribution in [-0.2, 0) is 10.2 Å². The van der Waals surface area contributed by atoms with E-state index in [9.17, 15) is 8.42 Å². The SMILES string of the molecule is CC(Cl)C1CCN(S(=O)(=O)N(C)C(C)C)CC1. The van der Waals surface area contributed by atoms with Crippen molar-refractivity contribution in [2.45, 2.75) is 45.0 Å². The van der Waals surface area contributed by atoms with Gasteiger partial charge in [-0.25, -0.2) is 0 Å². The van der Waals surface area contributed by atoms with Gasteiger partial charge in [0.2, 0.25) is 0 Å². The molecule has 0 bridgehead atoms. The second-order valence-electron chi connectivity index (χ2n) is 5.03. The Morgan fingerprint density at radius 3 is 2.06 bits per heavy atom. The molecule has 0 aliphatic carbocycles. The van der Waals surface area contributed by atoms with Crippen LogP contribution in [0.15, 0.2) is 0 Å². The van der Waals surface area contributed by atoms with E-state index in [0.717, 1.165) is 12.8 Å². The predicted molar refractivity (Wildman–Crippen MR) is 71.4 cm³/mol. The first-order valence-corrected chi connectivity index (χ1v) is 7.97. The van der Waals surface area contributed by atoms with E-state index < -0.39 is 10.2 Å². The van der Waals surface area contributed by atoms with Crippen molar-refractivity contribution in [1.82, 2.24) is 8.61 Å². The van der Waals surface area contributed by atoms with E-state index in [4.69, 9.17) is 11.6 Å². The van der Waals surface area contributed by atoms with E-state index in [-0.39, 0.29) is 11.4 Å². The number of hydrogen-bond donors (Lipinski definition) is 0. The van der Waals surface area contributed by atoms with Gasteiger partial charge in [-0.15, -0.1) is 11.6 Å². The van der Waals surface area contributed by atoms with Gasteiger partial charge in [0.05, 0.1) is 0 Å². The van der Waals surface area contributed by atoms with Crippen molar-refractivity contribution in [3.05, 3.63) is 0 Å². The largest absolute Gasteiger partial charge is 0.281 e. The Hall–Kier alpha value is 0.160. The Kier molecular flexibility index (Phi) is 5.25. The highest BCUT2D eigenvalue weighted by Crippen LogP contribution is 2.26. The highest BCUT2D eigenvalue weighted by molar-refractivity contribution is 7.86. The van der Waals surface area contributed by atoms with Crippen molar-refractivity contribution >= 4 is 21.8 Å². The Morgan fingerprint density at radius 2 is 1.71 bits per heavy atom. The maximum Gasteiger partial charge on any atom is 0.281 e. The zero-order valence-corrected chi connectivity index (χ0v) is 12.6. The second kappa shape index (κ2) is 5.87. The van der Waals surface area contributed by atoms with Crippen LogP contribution >= 0.6 is 11.6 Å². The fourth-order valence-electron chi connectivity index (χ4n) is 2.01. The summed E-state index contributed by atoms with van der Waals surface area (Å²) >= 11 is 6.05. The Bertz CT molecular complexity index is 335. The normalized spacial score (nSPS) is 22.3. The fraction of sp³-hybridized carbons (Fsp3) is 1.00. The first-order chi connectivity index (χ1) is 7.76. The minimum Gasteiger partial charge on any atom is -0.195 e. The smallest absolute Gasteiger partial charge is 0.195 e. The molecule has 6 heteroatoms. The molecule has 0 amide bonds. The number of alkyl halides is 1. The maximum atomic E-state index is 12.2. The lowest BCUT2D eigenvalue weighted by Crippen LogP contribution is -2.48. The first kappa shape index (κ1) is 15.2. The van der Waals surface area contributed by atoms with Crippen LogP contribution in [0.25, 0.3) is 0 Å². The summed E-state index contributed by atoms with van der Waals surface area (Å²) in [5.74, 6) is 0.437. The predicted octanol–water partition coefficient (Wildman–Crippen LogP) is 1.91. The van der Waals surface area contributed by atoms with Crippen LogP contribution in [0.5, 0.6) is 0 Å². The molecule has 1 heterocycles. The minimum absolute atomic E-state index is 0.00956. The quantitative estimate of drug-likeness (QED) is 0.739. The summed E-state index contributed by atoms with van der Waals surface area (Å²) in [7, 11) is -1.65. The summed E-state index contributed by atoms with van der Waals surface area (Å²) in [6, 6.07) is -0.00956. The maximum absolute atomic E-state index is 12.2. The molecule has 0 aromatic heterocycles. The summed E-state index contributed by atoms with van der Waals surface area (Å²) in [6.45, 7) is 6.91.